The van der Waals surface area contributed by atoms with Crippen molar-refractivity contribution in [3.63, 3.8) is 0 Å². The van der Waals surface area contributed by atoms with E-state index in [9.17, 15) is 26.8 Å². The molecule has 1 aromatic heterocycles. The summed E-state index contributed by atoms with van der Waals surface area (Å²) in [5.41, 5.74) is 1.06. The number of sulfonamides is 1. The van der Waals surface area contributed by atoms with Crippen LogP contribution in [0.1, 0.15) is 30.3 Å². The molecular formula is C22H20F2N4O5S. The number of fused-ring (bicyclic) bond motifs is 1. The molecule has 2 N–H and O–H groups in total. The Labute approximate surface area is 193 Å². The molecule has 0 radical (unpaired) electrons. The smallest absolute Gasteiger partial charge is 0.265 e. The average Bonchev–Trinajstić information content (AvgIpc) is 3.10. The highest BCUT2D eigenvalue weighted by Gasteiger charge is 2.29. The summed E-state index contributed by atoms with van der Waals surface area (Å²) in [6.07, 6.45) is 0.396. The van der Waals surface area contributed by atoms with Crippen molar-refractivity contribution in [3.8, 4) is 16.9 Å². The molecule has 34 heavy (non-hydrogen) atoms. The Morgan fingerprint density at radius 3 is 2.56 bits per heavy atom. The van der Waals surface area contributed by atoms with Gasteiger partial charge in [-0.05, 0) is 36.2 Å². The molecule has 0 saturated carbocycles. The van der Waals surface area contributed by atoms with Crippen LogP contribution in [0.15, 0.2) is 41.3 Å². The number of nitrogens with zero attached hydrogens (tertiary/aromatic N) is 2. The third kappa shape index (κ3) is 4.23. The molecule has 0 spiro atoms. The van der Waals surface area contributed by atoms with Crippen LogP contribution in [0.25, 0.3) is 11.1 Å². The van der Waals surface area contributed by atoms with Crippen LogP contribution in [0.5, 0.6) is 5.75 Å². The van der Waals surface area contributed by atoms with Crippen LogP contribution in [0.4, 0.5) is 20.3 Å². The molecule has 4 rings (SSSR count). The van der Waals surface area contributed by atoms with E-state index in [2.05, 4.69) is 15.1 Å². The monoisotopic (exact) mass is 490 g/mol. The molecule has 0 bridgehead atoms. The molecule has 0 saturated heterocycles. The highest BCUT2D eigenvalue weighted by Crippen LogP contribution is 2.37. The van der Waals surface area contributed by atoms with Gasteiger partial charge in [0.05, 0.1) is 18.5 Å². The van der Waals surface area contributed by atoms with Gasteiger partial charge in [-0.3, -0.25) is 14.3 Å². The van der Waals surface area contributed by atoms with Crippen LogP contribution < -0.4 is 14.8 Å². The van der Waals surface area contributed by atoms with Crippen LogP contribution in [-0.2, 0) is 21.2 Å². The lowest BCUT2D eigenvalue weighted by molar-refractivity contribution is -0.116. The zero-order chi connectivity index (χ0) is 24.6. The Kier molecular flexibility index (Phi) is 6.09. The van der Waals surface area contributed by atoms with Crippen molar-refractivity contribution < 1.29 is 31.5 Å². The number of hydrogen-bond acceptors (Lipinski definition) is 6. The van der Waals surface area contributed by atoms with Crippen LogP contribution in [0, 0.1) is 11.6 Å². The molecule has 1 aliphatic heterocycles. The Hall–Kier alpha value is -3.80. The fraction of sp³-hybridized carbons (Fsp3) is 0.227. The van der Waals surface area contributed by atoms with Gasteiger partial charge in [-0.25, -0.2) is 17.2 Å². The van der Waals surface area contributed by atoms with Crippen LogP contribution in [0.2, 0.25) is 0 Å². The molecule has 0 aliphatic carbocycles. The van der Waals surface area contributed by atoms with Gasteiger partial charge in [0.2, 0.25) is 11.8 Å². The first-order valence-corrected chi connectivity index (χ1v) is 11.7. The van der Waals surface area contributed by atoms with Gasteiger partial charge in [0.15, 0.2) is 11.6 Å². The van der Waals surface area contributed by atoms with Crippen LogP contribution in [-0.4, -0.2) is 37.1 Å². The number of hydrogen-bond donors (Lipinski definition) is 2. The number of aryl methyl sites for hydroxylation is 1. The predicted octanol–water partition coefficient (Wildman–Crippen LogP) is 3.57. The average molecular weight is 490 g/mol. The Bertz CT molecular complexity index is 1420. The molecule has 0 atom stereocenters. The molecular weight excluding hydrogens is 470 g/mol. The summed E-state index contributed by atoms with van der Waals surface area (Å²) in [5, 5.41) is 7.00. The summed E-state index contributed by atoms with van der Waals surface area (Å²) in [5.74, 6) is -2.90. The second-order valence-corrected chi connectivity index (χ2v) is 9.13. The summed E-state index contributed by atoms with van der Waals surface area (Å²) in [6, 6.07) is 6.90. The number of carbonyl (C=O) groups excluding carboxylic acids is 2. The van der Waals surface area contributed by atoms with Crippen molar-refractivity contribution in [3.05, 3.63) is 53.7 Å². The van der Waals surface area contributed by atoms with E-state index in [1.807, 2.05) is 6.92 Å². The second kappa shape index (κ2) is 8.86. The topological polar surface area (TPSA) is 119 Å². The highest BCUT2D eigenvalue weighted by molar-refractivity contribution is 7.92. The summed E-state index contributed by atoms with van der Waals surface area (Å²) >= 11 is 0. The predicted molar refractivity (Wildman–Crippen MR) is 119 cm³/mol. The maximum absolute atomic E-state index is 13.6. The molecule has 1 aliphatic rings. The maximum atomic E-state index is 13.6. The zero-order valence-electron chi connectivity index (χ0n) is 18.2. The molecule has 1 amide bonds. The Morgan fingerprint density at radius 2 is 1.88 bits per heavy atom. The normalized spacial score (nSPS) is 13.8. The minimum absolute atomic E-state index is 0.00346. The number of halogens is 2. The molecule has 2 heterocycles. The number of ether oxygens (including phenoxy) is 1. The molecule has 2 aromatic carbocycles. The van der Waals surface area contributed by atoms with E-state index in [0.717, 1.165) is 22.9 Å². The quantitative estimate of drug-likeness (QED) is 0.545. The summed E-state index contributed by atoms with van der Waals surface area (Å²) < 4.78 is 61.7. The fourth-order valence-corrected chi connectivity index (χ4v) is 4.89. The lowest BCUT2D eigenvalue weighted by Gasteiger charge is -2.14. The summed E-state index contributed by atoms with van der Waals surface area (Å²) in [4.78, 5) is 24.3. The molecule has 12 heteroatoms. The molecule has 0 fully saturated rings. The van der Waals surface area contributed by atoms with E-state index in [0.29, 0.717) is 23.2 Å². The third-order valence-electron chi connectivity index (χ3n) is 5.27. The van der Waals surface area contributed by atoms with Gasteiger partial charge in [0, 0.05) is 24.5 Å². The van der Waals surface area contributed by atoms with Gasteiger partial charge < -0.3 is 10.1 Å². The van der Waals surface area contributed by atoms with Gasteiger partial charge in [0.25, 0.3) is 10.0 Å². The first-order valence-electron chi connectivity index (χ1n) is 10.3. The number of aromatic nitrogens is 2. The van der Waals surface area contributed by atoms with Crippen molar-refractivity contribution in [2.24, 2.45) is 0 Å². The minimum atomic E-state index is -4.31. The van der Waals surface area contributed by atoms with E-state index in [1.54, 1.807) is 6.07 Å². The Morgan fingerprint density at radius 1 is 1.12 bits per heavy atom. The van der Waals surface area contributed by atoms with Crippen molar-refractivity contribution >= 4 is 33.3 Å². The van der Waals surface area contributed by atoms with Crippen LogP contribution in [0.3, 0.4) is 0 Å². The molecule has 0 unspecified atom stereocenters. The van der Waals surface area contributed by atoms with Crippen molar-refractivity contribution in [1.29, 1.82) is 0 Å². The van der Waals surface area contributed by atoms with Crippen LogP contribution >= 0.6 is 0 Å². The third-order valence-corrected chi connectivity index (χ3v) is 6.67. The standard InChI is InChI=1S/C22H20F2N4O5S/c1-3-16-21(22-25-19(29)8-9-20(30)28(22)26-16)12-4-7-17(33-2)18(10-12)34(31,32)27-13-5-6-14(23)15(24)11-13/h4-7,10-11,27H,3,8-9H2,1-2H3,(H,25,29). The lowest BCUT2D eigenvalue weighted by atomic mass is 10.0. The van der Waals surface area contributed by atoms with E-state index in [1.165, 1.54) is 19.2 Å². The van der Waals surface area contributed by atoms with Gasteiger partial charge in [-0.2, -0.15) is 9.78 Å². The zero-order valence-corrected chi connectivity index (χ0v) is 19.0. The van der Waals surface area contributed by atoms with Gasteiger partial charge in [0.1, 0.15) is 16.5 Å². The highest BCUT2D eigenvalue weighted by atomic mass is 32.2. The SMILES string of the molecule is CCc1nn2c(c1-c1ccc(OC)c(S(=O)(=O)Nc3ccc(F)c(F)c3)c1)NC(=O)CCC2=O. The van der Waals surface area contributed by atoms with Crippen molar-refractivity contribution in [2.45, 2.75) is 31.1 Å². The summed E-state index contributed by atoms with van der Waals surface area (Å²) in [6.45, 7) is 1.81. The number of amides is 1. The van der Waals surface area contributed by atoms with Crippen molar-refractivity contribution in [1.82, 2.24) is 9.78 Å². The fourth-order valence-electron chi connectivity index (χ4n) is 3.64. The first-order chi connectivity index (χ1) is 16.1. The van der Waals surface area contributed by atoms with Gasteiger partial charge in [-0.1, -0.05) is 13.0 Å². The van der Waals surface area contributed by atoms with E-state index < -0.39 is 21.7 Å². The summed E-state index contributed by atoms with van der Waals surface area (Å²) in [7, 11) is -3.03. The molecule has 3 aromatic rings. The maximum Gasteiger partial charge on any atom is 0.265 e. The first kappa shape index (κ1) is 23.4. The van der Waals surface area contributed by atoms with E-state index in [4.69, 9.17) is 4.74 Å². The number of carbonyl (C=O) groups is 2. The van der Waals surface area contributed by atoms with Gasteiger partial charge in [-0.15, -0.1) is 0 Å². The van der Waals surface area contributed by atoms with Gasteiger partial charge >= 0.3 is 0 Å². The Balaban J connectivity index is 1.85. The number of methoxy groups -OCH3 is 1. The van der Waals surface area contributed by atoms with Crippen molar-refractivity contribution in [2.75, 3.05) is 17.1 Å². The van der Waals surface area contributed by atoms with E-state index in [-0.39, 0.29) is 46.8 Å². The number of nitrogens with one attached hydrogen (secondary N) is 2. The second-order valence-electron chi connectivity index (χ2n) is 7.48. The minimum Gasteiger partial charge on any atom is -0.495 e. The number of benzene rings is 2. The lowest BCUT2D eigenvalue weighted by Crippen LogP contribution is -2.15. The number of anilines is 2. The molecule has 178 valence electrons. The number of rotatable bonds is 6. The largest absolute Gasteiger partial charge is 0.495 e. The van der Waals surface area contributed by atoms with E-state index >= 15 is 0 Å². The molecule has 9 nitrogen and oxygen atoms in total.